The summed E-state index contributed by atoms with van der Waals surface area (Å²) in [5, 5.41) is 8.42. The molecule has 0 aromatic heterocycles. The number of nitrogens with zero attached hydrogens (tertiary/aromatic N) is 2. The summed E-state index contributed by atoms with van der Waals surface area (Å²) in [7, 11) is 0. The molecule has 1 heterocycles. The number of likely N-dealkylation sites (tertiary alicyclic amines) is 1. The number of amides is 4. The molecule has 1 aliphatic heterocycles. The number of aliphatic hydroxyl groups is 1. The van der Waals surface area contributed by atoms with Gasteiger partial charge in [-0.1, -0.05) is 30.3 Å². The Morgan fingerprint density at radius 2 is 1.87 bits per heavy atom. The minimum absolute atomic E-state index is 0.0115. The number of aliphatic hydroxyl groups excluding tert-OH is 1. The Hall–Kier alpha value is -2.94. The largest absolute Gasteiger partial charge is 0.393 e. The predicted molar refractivity (Wildman–Crippen MR) is 116 cm³/mol. The molecule has 31 heavy (non-hydrogen) atoms. The lowest BCUT2D eigenvalue weighted by molar-refractivity contribution is -0.140. The maximum absolute atomic E-state index is 12.9. The maximum atomic E-state index is 12.9. The van der Waals surface area contributed by atoms with Crippen LogP contribution in [-0.2, 0) is 25.7 Å². The van der Waals surface area contributed by atoms with Crippen LogP contribution in [-0.4, -0.2) is 64.3 Å². The van der Waals surface area contributed by atoms with Gasteiger partial charge in [-0.2, -0.15) is 0 Å². The van der Waals surface area contributed by atoms with Crippen LogP contribution in [0.4, 0.5) is 0 Å². The van der Waals surface area contributed by atoms with Crippen molar-refractivity contribution >= 4 is 24.1 Å². The van der Waals surface area contributed by atoms with Gasteiger partial charge >= 0.3 is 0 Å². The van der Waals surface area contributed by atoms with Crippen LogP contribution in [0.15, 0.2) is 30.3 Å². The molecule has 1 saturated heterocycles. The third kappa shape index (κ3) is 10.6. The SMILES string of the molecule is C[C@@H](O)CC(N)=O.NC(=O)CCCCN(Cc1ccccc1)C(=O)C1CCCN1C=O. The Bertz CT molecular complexity index is 711. The normalized spacial score (nSPS) is 16.1. The molecule has 5 N–H and O–H groups in total. The first-order valence-electron chi connectivity index (χ1n) is 10.5. The topological polar surface area (TPSA) is 147 Å². The van der Waals surface area contributed by atoms with Crippen molar-refractivity contribution < 1.29 is 24.3 Å². The van der Waals surface area contributed by atoms with Crippen molar-refractivity contribution in [1.82, 2.24) is 9.80 Å². The molecular formula is C22H34N4O5. The molecule has 4 amide bonds. The molecule has 9 heteroatoms. The van der Waals surface area contributed by atoms with E-state index in [0.29, 0.717) is 38.9 Å². The number of unbranched alkanes of at least 4 members (excludes halogenated alkanes) is 1. The van der Waals surface area contributed by atoms with Crippen molar-refractivity contribution in [2.24, 2.45) is 11.5 Å². The third-order valence-corrected chi connectivity index (χ3v) is 4.84. The smallest absolute Gasteiger partial charge is 0.245 e. The van der Waals surface area contributed by atoms with Crippen LogP contribution in [0, 0.1) is 0 Å². The average molecular weight is 435 g/mol. The van der Waals surface area contributed by atoms with Gasteiger partial charge in [0.1, 0.15) is 6.04 Å². The van der Waals surface area contributed by atoms with E-state index in [9.17, 15) is 19.2 Å². The van der Waals surface area contributed by atoms with Crippen LogP contribution in [0.1, 0.15) is 51.0 Å². The Kier molecular flexibility index (Phi) is 11.9. The zero-order chi connectivity index (χ0) is 23.2. The maximum Gasteiger partial charge on any atom is 0.245 e. The van der Waals surface area contributed by atoms with Gasteiger partial charge in [0, 0.05) is 26.1 Å². The molecule has 1 fully saturated rings. The van der Waals surface area contributed by atoms with Gasteiger partial charge in [-0.25, -0.2) is 0 Å². The van der Waals surface area contributed by atoms with E-state index in [0.717, 1.165) is 24.8 Å². The van der Waals surface area contributed by atoms with E-state index in [-0.39, 0.29) is 24.3 Å². The van der Waals surface area contributed by atoms with Gasteiger partial charge in [0.25, 0.3) is 0 Å². The zero-order valence-corrected chi connectivity index (χ0v) is 18.1. The molecule has 1 aliphatic rings. The molecule has 1 aromatic carbocycles. The van der Waals surface area contributed by atoms with E-state index in [2.05, 4.69) is 0 Å². The monoisotopic (exact) mass is 434 g/mol. The van der Waals surface area contributed by atoms with Crippen molar-refractivity contribution in [3.05, 3.63) is 35.9 Å². The average Bonchev–Trinajstić information content (AvgIpc) is 3.18. The van der Waals surface area contributed by atoms with Gasteiger partial charge < -0.3 is 26.4 Å². The van der Waals surface area contributed by atoms with Crippen LogP contribution in [0.25, 0.3) is 0 Å². The molecule has 172 valence electrons. The van der Waals surface area contributed by atoms with Gasteiger partial charge in [-0.05, 0) is 38.2 Å². The summed E-state index contributed by atoms with van der Waals surface area (Å²) in [6, 6.07) is 9.43. The number of benzene rings is 1. The second-order valence-electron chi connectivity index (χ2n) is 7.69. The van der Waals surface area contributed by atoms with E-state index in [1.165, 1.54) is 6.92 Å². The highest BCUT2D eigenvalue weighted by atomic mass is 16.3. The Labute approximate surface area is 183 Å². The number of nitrogens with two attached hydrogens (primary N) is 2. The Balaban J connectivity index is 0.000000592. The second-order valence-corrected chi connectivity index (χ2v) is 7.69. The number of rotatable bonds is 11. The molecule has 0 aliphatic carbocycles. The van der Waals surface area contributed by atoms with Crippen LogP contribution in [0.5, 0.6) is 0 Å². The summed E-state index contributed by atoms with van der Waals surface area (Å²) in [6.45, 7) is 3.23. The molecule has 9 nitrogen and oxygen atoms in total. The van der Waals surface area contributed by atoms with Crippen molar-refractivity contribution in [2.45, 2.75) is 64.1 Å². The van der Waals surface area contributed by atoms with Crippen molar-refractivity contribution in [1.29, 1.82) is 0 Å². The van der Waals surface area contributed by atoms with Gasteiger partial charge in [-0.3, -0.25) is 19.2 Å². The lowest BCUT2D eigenvalue weighted by atomic mass is 10.1. The highest BCUT2D eigenvalue weighted by molar-refractivity contribution is 5.84. The fourth-order valence-corrected chi connectivity index (χ4v) is 3.36. The predicted octanol–water partition coefficient (Wildman–Crippen LogP) is 0.534. The molecule has 1 aromatic rings. The molecular weight excluding hydrogens is 400 g/mol. The first kappa shape index (κ1) is 26.1. The number of primary amides is 2. The minimum atomic E-state index is -0.600. The van der Waals surface area contributed by atoms with Gasteiger partial charge in [0.05, 0.1) is 12.5 Å². The molecule has 0 spiro atoms. The Morgan fingerprint density at radius 3 is 2.39 bits per heavy atom. The summed E-state index contributed by atoms with van der Waals surface area (Å²) in [4.78, 5) is 48.1. The van der Waals surface area contributed by atoms with Crippen LogP contribution >= 0.6 is 0 Å². The van der Waals surface area contributed by atoms with Gasteiger partial charge in [-0.15, -0.1) is 0 Å². The van der Waals surface area contributed by atoms with Gasteiger partial charge in [0.2, 0.25) is 24.1 Å². The lowest BCUT2D eigenvalue weighted by Gasteiger charge is -2.29. The molecule has 0 bridgehead atoms. The van der Waals surface area contributed by atoms with E-state index >= 15 is 0 Å². The number of hydrogen-bond acceptors (Lipinski definition) is 5. The first-order valence-corrected chi connectivity index (χ1v) is 10.5. The number of carbonyl (C=O) groups excluding carboxylic acids is 4. The second kappa shape index (κ2) is 14.1. The summed E-state index contributed by atoms with van der Waals surface area (Å²) >= 11 is 0. The summed E-state index contributed by atoms with van der Waals surface area (Å²) < 4.78 is 0. The van der Waals surface area contributed by atoms with Crippen LogP contribution in [0.3, 0.4) is 0 Å². The van der Waals surface area contributed by atoms with E-state index < -0.39 is 12.0 Å². The lowest BCUT2D eigenvalue weighted by Crippen LogP contribution is -2.45. The first-order chi connectivity index (χ1) is 14.7. The van der Waals surface area contributed by atoms with E-state index in [1.54, 1.807) is 9.80 Å². The molecule has 1 unspecified atom stereocenters. The zero-order valence-electron chi connectivity index (χ0n) is 18.1. The summed E-state index contributed by atoms with van der Waals surface area (Å²) in [5.74, 6) is -0.795. The summed E-state index contributed by atoms with van der Waals surface area (Å²) in [5.41, 5.74) is 10.9. The molecule has 0 saturated carbocycles. The van der Waals surface area contributed by atoms with E-state index in [1.807, 2.05) is 30.3 Å². The number of carbonyl (C=O) groups is 4. The highest BCUT2D eigenvalue weighted by Crippen LogP contribution is 2.19. The third-order valence-electron chi connectivity index (χ3n) is 4.84. The van der Waals surface area contributed by atoms with Crippen LogP contribution in [0.2, 0.25) is 0 Å². The molecule has 2 rings (SSSR count). The van der Waals surface area contributed by atoms with Crippen LogP contribution < -0.4 is 11.5 Å². The van der Waals surface area contributed by atoms with Crippen molar-refractivity contribution in [3.63, 3.8) is 0 Å². The summed E-state index contributed by atoms with van der Waals surface area (Å²) in [6.07, 6.45) is 3.50. The highest BCUT2D eigenvalue weighted by Gasteiger charge is 2.32. The van der Waals surface area contributed by atoms with Crippen molar-refractivity contribution in [3.8, 4) is 0 Å². The van der Waals surface area contributed by atoms with Gasteiger partial charge in [0.15, 0.2) is 0 Å². The Morgan fingerprint density at radius 1 is 1.19 bits per heavy atom. The standard InChI is InChI=1S/C18H25N3O3.C4H9NO2/c19-17(23)10-4-5-11-20(13-15-7-2-1-3-8-15)18(24)16-9-6-12-21(16)14-22;1-3(6)2-4(5)7/h1-3,7-8,14,16H,4-6,9-13H2,(H2,19,23);3,6H,2H2,1H3,(H2,5,7)/t;3-/m.1/s1. The fraction of sp³-hybridized carbons (Fsp3) is 0.545. The minimum Gasteiger partial charge on any atom is -0.393 e. The quantitative estimate of drug-likeness (QED) is 0.343. The van der Waals surface area contributed by atoms with E-state index in [4.69, 9.17) is 16.6 Å². The molecule has 0 radical (unpaired) electrons. The fourth-order valence-electron chi connectivity index (χ4n) is 3.36. The number of hydrogen-bond donors (Lipinski definition) is 3. The molecule has 2 atom stereocenters. The van der Waals surface area contributed by atoms with Crippen molar-refractivity contribution in [2.75, 3.05) is 13.1 Å².